The van der Waals surface area contributed by atoms with Gasteiger partial charge in [-0.25, -0.2) is 0 Å². The molecule has 3 heteroatoms. The van der Waals surface area contributed by atoms with Crippen LogP contribution in [0.5, 0.6) is 11.5 Å². The Morgan fingerprint density at radius 1 is 0.667 bits per heavy atom. The van der Waals surface area contributed by atoms with Crippen LogP contribution in [0.4, 0.5) is 0 Å². The van der Waals surface area contributed by atoms with Crippen molar-refractivity contribution in [2.75, 3.05) is 19.6 Å². The molecule has 114 valence electrons. The lowest BCUT2D eigenvalue weighted by atomic mass is 10.0. The van der Waals surface area contributed by atoms with E-state index >= 15 is 0 Å². The minimum absolute atomic E-state index is 0.175. The SMILES string of the molecule is CCN(CC)CC.Oc1ccccc1-c1ccccc1O. The van der Waals surface area contributed by atoms with Gasteiger partial charge in [0.2, 0.25) is 0 Å². The molecular formula is C18H25NO2. The van der Waals surface area contributed by atoms with E-state index < -0.39 is 0 Å². The first kappa shape index (κ1) is 17.1. The van der Waals surface area contributed by atoms with Gasteiger partial charge in [0.25, 0.3) is 0 Å². The van der Waals surface area contributed by atoms with Crippen LogP contribution in [0, 0.1) is 0 Å². The van der Waals surface area contributed by atoms with Crippen molar-refractivity contribution in [2.24, 2.45) is 0 Å². The molecule has 0 aliphatic carbocycles. The van der Waals surface area contributed by atoms with E-state index in [9.17, 15) is 10.2 Å². The predicted molar refractivity (Wildman–Crippen MR) is 88.7 cm³/mol. The lowest BCUT2D eigenvalue weighted by molar-refractivity contribution is 0.321. The predicted octanol–water partition coefficient (Wildman–Crippen LogP) is 4.11. The number of phenolic OH excluding ortho intramolecular Hbond substituents is 2. The monoisotopic (exact) mass is 287 g/mol. The minimum atomic E-state index is 0.175. The Morgan fingerprint density at radius 3 is 1.24 bits per heavy atom. The van der Waals surface area contributed by atoms with E-state index in [1.807, 2.05) is 12.1 Å². The van der Waals surface area contributed by atoms with Crippen molar-refractivity contribution >= 4 is 0 Å². The molecule has 0 unspecified atom stereocenters. The topological polar surface area (TPSA) is 43.7 Å². The highest BCUT2D eigenvalue weighted by molar-refractivity contribution is 5.74. The third kappa shape index (κ3) is 5.12. The number of hydrogen-bond acceptors (Lipinski definition) is 3. The maximum atomic E-state index is 9.58. The second-order valence-corrected chi connectivity index (χ2v) is 4.65. The highest BCUT2D eigenvalue weighted by Gasteiger charge is 2.06. The van der Waals surface area contributed by atoms with Gasteiger partial charge in [-0.3, -0.25) is 0 Å². The van der Waals surface area contributed by atoms with Crippen LogP contribution in [0.3, 0.4) is 0 Å². The maximum Gasteiger partial charge on any atom is 0.123 e. The Hall–Kier alpha value is -2.00. The van der Waals surface area contributed by atoms with Crippen molar-refractivity contribution in [3.8, 4) is 22.6 Å². The summed E-state index contributed by atoms with van der Waals surface area (Å²) >= 11 is 0. The van der Waals surface area contributed by atoms with Crippen LogP contribution in [0.2, 0.25) is 0 Å². The Morgan fingerprint density at radius 2 is 1.00 bits per heavy atom. The van der Waals surface area contributed by atoms with E-state index in [0.29, 0.717) is 11.1 Å². The van der Waals surface area contributed by atoms with Crippen molar-refractivity contribution in [3.63, 3.8) is 0 Å². The highest BCUT2D eigenvalue weighted by atomic mass is 16.3. The molecule has 2 rings (SSSR count). The first-order valence-corrected chi connectivity index (χ1v) is 7.42. The van der Waals surface area contributed by atoms with E-state index in [1.54, 1.807) is 36.4 Å². The molecule has 0 aliphatic heterocycles. The van der Waals surface area contributed by atoms with Gasteiger partial charge in [0, 0.05) is 11.1 Å². The summed E-state index contributed by atoms with van der Waals surface area (Å²) in [6.45, 7) is 10.1. The fourth-order valence-corrected chi connectivity index (χ4v) is 2.07. The molecule has 21 heavy (non-hydrogen) atoms. The molecule has 0 bridgehead atoms. The van der Waals surface area contributed by atoms with Crippen LogP contribution in [-0.2, 0) is 0 Å². The lowest BCUT2D eigenvalue weighted by Crippen LogP contribution is -2.21. The van der Waals surface area contributed by atoms with E-state index in [2.05, 4.69) is 25.7 Å². The number of phenols is 2. The van der Waals surface area contributed by atoms with Crippen LogP contribution in [0.25, 0.3) is 11.1 Å². The fourth-order valence-electron chi connectivity index (χ4n) is 2.07. The van der Waals surface area contributed by atoms with Gasteiger partial charge in [-0.2, -0.15) is 0 Å². The number of nitrogens with zero attached hydrogens (tertiary/aromatic N) is 1. The normalized spacial score (nSPS) is 10.1. The van der Waals surface area contributed by atoms with Crippen molar-refractivity contribution in [1.29, 1.82) is 0 Å². The average molecular weight is 287 g/mol. The Kier molecular flexibility index (Phi) is 7.33. The summed E-state index contributed by atoms with van der Waals surface area (Å²) in [5.74, 6) is 0.350. The molecule has 0 saturated carbocycles. The molecule has 0 amide bonds. The lowest BCUT2D eigenvalue weighted by Gasteiger charge is -2.13. The number of hydrogen-bond donors (Lipinski definition) is 2. The summed E-state index contributed by atoms with van der Waals surface area (Å²) in [6.07, 6.45) is 0. The van der Waals surface area contributed by atoms with Crippen molar-refractivity contribution in [2.45, 2.75) is 20.8 Å². The van der Waals surface area contributed by atoms with Gasteiger partial charge in [-0.1, -0.05) is 57.2 Å². The van der Waals surface area contributed by atoms with Gasteiger partial charge in [-0.05, 0) is 31.8 Å². The Labute approximate surface area is 127 Å². The first-order chi connectivity index (χ1) is 10.1. The average Bonchev–Trinajstić information content (AvgIpc) is 2.51. The molecule has 0 fully saturated rings. The van der Waals surface area contributed by atoms with Gasteiger partial charge in [-0.15, -0.1) is 0 Å². The van der Waals surface area contributed by atoms with Crippen LogP contribution in [-0.4, -0.2) is 34.7 Å². The molecular weight excluding hydrogens is 262 g/mol. The smallest absolute Gasteiger partial charge is 0.123 e. The minimum Gasteiger partial charge on any atom is -0.507 e. The summed E-state index contributed by atoms with van der Waals surface area (Å²) in [4.78, 5) is 2.38. The van der Waals surface area contributed by atoms with E-state index in [0.717, 1.165) is 0 Å². The molecule has 0 heterocycles. The Bertz CT molecular complexity index is 487. The third-order valence-electron chi connectivity index (χ3n) is 3.44. The Balaban J connectivity index is 0.000000270. The van der Waals surface area contributed by atoms with Gasteiger partial charge < -0.3 is 15.1 Å². The van der Waals surface area contributed by atoms with Gasteiger partial charge in [0.15, 0.2) is 0 Å². The largest absolute Gasteiger partial charge is 0.507 e. The van der Waals surface area contributed by atoms with Crippen LogP contribution in [0.1, 0.15) is 20.8 Å². The molecule has 0 radical (unpaired) electrons. The molecule has 0 saturated heterocycles. The summed E-state index contributed by atoms with van der Waals surface area (Å²) in [6, 6.07) is 13.9. The van der Waals surface area contributed by atoms with E-state index in [1.165, 1.54) is 19.6 Å². The molecule has 0 atom stereocenters. The summed E-state index contributed by atoms with van der Waals surface area (Å²) in [5, 5.41) is 19.2. The number of aromatic hydroxyl groups is 2. The first-order valence-electron chi connectivity index (χ1n) is 7.42. The molecule has 0 aliphatic rings. The molecule has 2 aromatic rings. The number of benzene rings is 2. The third-order valence-corrected chi connectivity index (χ3v) is 3.44. The second-order valence-electron chi connectivity index (χ2n) is 4.65. The number of para-hydroxylation sites is 2. The summed E-state index contributed by atoms with van der Waals surface area (Å²) < 4.78 is 0. The van der Waals surface area contributed by atoms with E-state index in [4.69, 9.17) is 0 Å². The zero-order valence-electron chi connectivity index (χ0n) is 13.1. The van der Waals surface area contributed by atoms with Crippen LogP contribution in [0.15, 0.2) is 48.5 Å². The molecule has 2 N–H and O–H groups in total. The quantitative estimate of drug-likeness (QED) is 0.889. The van der Waals surface area contributed by atoms with Crippen LogP contribution < -0.4 is 0 Å². The standard InChI is InChI=1S/C12H10O2.C6H15N/c13-11-7-3-1-5-9(11)10-6-2-4-8-12(10)14;1-4-7(5-2)6-3/h1-8,13-14H;4-6H2,1-3H3. The van der Waals surface area contributed by atoms with Crippen molar-refractivity contribution in [3.05, 3.63) is 48.5 Å². The van der Waals surface area contributed by atoms with Gasteiger partial charge in [0.05, 0.1) is 0 Å². The number of rotatable bonds is 4. The fraction of sp³-hybridized carbons (Fsp3) is 0.333. The summed E-state index contributed by atoms with van der Waals surface area (Å²) in [7, 11) is 0. The summed E-state index contributed by atoms with van der Waals surface area (Å²) in [5.41, 5.74) is 1.29. The zero-order valence-corrected chi connectivity index (χ0v) is 13.1. The molecule has 0 aromatic heterocycles. The molecule has 2 aromatic carbocycles. The zero-order chi connectivity index (χ0) is 15.7. The van der Waals surface area contributed by atoms with Crippen molar-refractivity contribution in [1.82, 2.24) is 4.90 Å². The highest BCUT2D eigenvalue weighted by Crippen LogP contribution is 2.34. The second kappa shape index (κ2) is 9.03. The van der Waals surface area contributed by atoms with Gasteiger partial charge >= 0.3 is 0 Å². The molecule has 3 nitrogen and oxygen atoms in total. The molecule has 0 spiro atoms. The maximum absolute atomic E-state index is 9.58. The van der Waals surface area contributed by atoms with E-state index in [-0.39, 0.29) is 11.5 Å². The van der Waals surface area contributed by atoms with Gasteiger partial charge in [0.1, 0.15) is 11.5 Å². The van der Waals surface area contributed by atoms with Crippen LogP contribution >= 0.6 is 0 Å². The van der Waals surface area contributed by atoms with Crippen molar-refractivity contribution < 1.29 is 10.2 Å².